The second-order valence-corrected chi connectivity index (χ2v) is 8.43. The van der Waals surface area contributed by atoms with Crippen LogP contribution in [0.1, 0.15) is 17.1 Å². The molecule has 4 nitrogen and oxygen atoms in total. The molecule has 0 radical (unpaired) electrons. The molecule has 0 saturated carbocycles. The Labute approximate surface area is 170 Å². The van der Waals surface area contributed by atoms with E-state index in [0.717, 1.165) is 16.4 Å². The molecule has 1 amide bonds. The van der Waals surface area contributed by atoms with Gasteiger partial charge < -0.3 is 8.83 Å². The van der Waals surface area contributed by atoms with Gasteiger partial charge in [0.15, 0.2) is 5.09 Å². The summed E-state index contributed by atoms with van der Waals surface area (Å²) in [6.07, 6.45) is 3.40. The largest absolute Gasteiger partial charge is 0.468 e. The van der Waals surface area contributed by atoms with Gasteiger partial charge in [-0.15, -0.1) is 0 Å². The van der Waals surface area contributed by atoms with Gasteiger partial charge in [-0.05, 0) is 29.8 Å². The van der Waals surface area contributed by atoms with Crippen molar-refractivity contribution in [2.24, 2.45) is 0 Å². The predicted molar refractivity (Wildman–Crippen MR) is 112 cm³/mol. The first-order valence-electron chi connectivity index (χ1n) is 8.23. The van der Waals surface area contributed by atoms with Gasteiger partial charge in [-0.25, -0.2) is 0 Å². The standard InChI is InChI=1S/C20H15NO3S3/c22-19-17(27-20(25)21(19)12-14-5-2-1-3-6-14)11-15-8-9-18(24-15)26-13-16-7-4-10-23-16/h1-11H,12-13H2/b17-11-. The number of amides is 1. The third kappa shape index (κ3) is 4.37. The predicted octanol–water partition coefficient (Wildman–Crippen LogP) is 5.57. The summed E-state index contributed by atoms with van der Waals surface area (Å²) in [5, 5.41) is 0.775. The molecule has 1 fully saturated rings. The molecule has 3 heterocycles. The molecular formula is C20H15NO3S3. The van der Waals surface area contributed by atoms with Crippen LogP contribution in [0.3, 0.4) is 0 Å². The number of nitrogens with zero attached hydrogens (tertiary/aromatic N) is 1. The summed E-state index contributed by atoms with van der Waals surface area (Å²) in [4.78, 5) is 14.9. The minimum atomic E-state index is -0.0879. The maximum Gasteiger partial charge on any atom is 0.266 e. The highest BCUT2D eigenvalue weighted by atomic mass is 32.2. The molecule has 4 rings (SSSR count). The molecule has 1 aliphatic rings. The van der Waals surface area contributed by atoms with Crippen molar-refractivity contribution in [2.75, 3.05) is 0 Å². The Morgan fingerprint density at radius 1 is 1.11 bits per heavy atom. The van der Waals surface area contributed by atoms with Crippen molar-refractivity contribution < 1.29 is 13.6 Å². The lowest BCUT2D eigenvalue weighted by atomic mass is 10.2. The second-order valence-electron chi connectivity index (χ2n) is 5.78. The first-order chi connectivity index (χ1) is 13.2. The van der Waals surface area contributed by atoms with Crippen LogP contribution < -0.4 is 0 Å². The Bertz CT molecular complexity index is 977. The van der Waals surface area contributed by atoms with Gasteiger partial charge in [0.05, 0.1) is 23.5 Å². The number of rotatable bonds is 6. The molecule has 0 unspecified atom stereocenters. The van der Waals surface area contributed by atoms with Crippen molar-refractivity contribution in [3.8, 4) is 0 Å². The van der Waals surface area contributed by atoms with E-state index in [4.69, 9.17) is 21.1 Å². The minimum Gasteiger partial charge on any atom is -0.468 e. The van der Waals surface area contributed by atoms with E-state index >= 15 is 0 Å². The summed E-state index contributed by atoms with van der Waals surface area (Å²) in [7, 11) is 0. The van der Waals surface area contributed by atoms with E-state index in [0.29, 0.717) is 27.3 Å². The van der Waals surface area contributed by atoms with Crippen LogP contribution in [0.4, 0.5) is 0 Å². The van der Waals surface area contributed by atoms with Crippen molar-refractivity contribution in [2.45, 2.75) is 17.4 Å². The summed E-state index contributed by atoms with van der Waals surface area (Å²) in [5.41, 5.74) is 1.05. The van der Waals surface area contributed by atoms with Crippen molar-refractivity contribution in [1.29, 1.82) is 0 Å². The number of hydrogen-bond donors (Lipinski definition) is 0. The van der Waals surface area contributed by atoms with Crippen LogP contribution in [0.15, 0.2) is 79.7 Å². The lowest BCUT2D eigenvalue weighted by molar-refractivity contribution is -0.122. The molecule has 3 aromatic rings. The lowest BCUT2D eigenvalue weighted by Gasteiger charge is -2.14. The van der Waals surface area contributed by atoms with Crippen molar-refractivity contribution in [3.63, 3.8) is 0 Å². The molecule has 0 N–H and O–H groups in total. The van der Waals surface area contributed by atoms with Gasteiger partial charge >= 0.3 is 0 Å². The summed E-state index contributed by atoms with van der Waals surface area (Å²) in [6, 6.07) is 17.4. The second kappa shape index (κ2) is 8.21. The van der Waals surface area contributed by atoms with E-state index in [1.165, 1.54) is 11.8 Å². The maximum absolute atomic E-state index is 12.7. The van der Waals surface area contributed by atoms with Crippen molar-refractivity contribution >= 4 is 52.0 Å². The molecule has 0 spiro atoms. The van der Waals surface area contributed by atoms with E-state index in [2.05, 4.69) is 0 Å². The molecule has 136 valence electrons. The fraction of sp³-hybridized carbons (Fsp3) is 0.100. The molecule has 0 bridgehead atoms. The Morgan fingerprint density at radius 3 is 2.74 bits per heavy atom. The van der Waals surface area contributed by atoms with Crippen LogP contribution in [-0.2, 0) is 17.1 Å². The van der Waals surface area contributed by atoms with Crippen molar-refractivity contribution in [3.05, 3.63) is 82.8 Å². The number of carbonyl (C=O) groups excluding carboxylic acids is 1. The number of hydrogen-bond acceptors (Lipinski definition) is 6. The molecule has 1 aliphatic heterocycles. The van der Waals surface area contributed by atoms with Gasteiger partial charge in [-0.1, -0.05) is 66.1 Å². The van der Waals surface area contributed by atoms with E-state index in [1.54, 1.807) is 29.0 Å². The Hall–Kier alpha value is -2.22. The van der Waals surface area contributed by atoms with E-state index in [9.17, 15) is 4.79 Å². The first-order valence-corrected chi connectivity index (χ1v) is 10.4. The van der Waals surface area contributed by atoms with Crippen molar-refractivity contribution in [1.82, 2.24) is 4.90 Å². The fourth-order valence-electron chi connectivity index (χ4n) is 2.56. The van der Waals surface area contributed by atoms with Crippen LogP contribution in [-0.4, -0.2) is 15.1 Å². The van der Waals surface area contributed by atoms with Crippen LogP contribution in [0.25, 0.3) is 6.08 Å². The number of thioether (sulfide) groups is 2. The van der Waals surface area contributed by atoms with Gasteiger partial charge in [-0.2, -0.15) is 0 Å². The first kappa shape index (κ1) is 18.2. The zero-order valence-electron chi connectivity index (χ0n) is 14.2. The smallest absolute Gasteiger partial charge is 0.266 e. The van der Waals surface area contributed by atoms with Crippen LogP contribution in [0.2, 0.25) is 0 Å². The molecule has 0 aliphatic carbocycles. The molecule has 0 atom stereocenters. The molecule has 1 aromatic carbocycles. The Kier molecular flexibility index (Phi) is 5.52. The fourth-order valence-corrected chi connectivity index (χ4v) is 4.56. The average Bonchev–Trinajstić information content (AvgIpc) is 3.40. The highest BCUT2D eigenvalue weighted by Crippen LogP contribution is 2.34. The summed E-state index contributed by atoms with van der Waals surface area (Å²) >= 11 is 8.23. The number of thiocarbonyl (C=S) groups is 1. The van der Waals surface area contributed by atoms with E-state index in [1.807, 2.05) is 54.6 Å². The topological polar surface area (TPSA) is 46.6 Å². The Balaban J connectivity index is 1.43. The highest BCUT2D eigenvalue weighted by Gasteiger charge is 2.32. The molecule has 7 heteroatoms. The lowest BCUT2D eigenvalue weighted by Crippen LogP contribution is -2.27. The van der Waals surface area contributed by atoms with Gasteiger partial charge in [0.2, 0.25) is 0 Å². The number of carbonyl (C=O) groups is 1. The van der Waals surface area contributed by atoms with Gasteiger partial charge in [0.25, 0.3) is 5.91 Å². The third-order valence-corrected chi connectivity index (χ3v) is 6.18. The highest BCUT2D eigenvalue weighted by molar-refractivity contribution is 8.26. The van der Waals surface area contributed by atoms with Gasteiger partial charge in [0, 0.05) is 6.08 Å². The third-order valence-electron chi connectivity index (χ3n) is 3.87. The van der Waals surface area contributed by atoms with E-state index < -0.39 is 0 Å². The number of furan rings is 2. The molecule has 1 saturated heterocycles. The summed E-state index contributed by atoms with van der Waals surface area (Å²) in [6.45, 7) is 0.477. The zero-order valence-corrected chi connectivity index (χ0v) is 16.6. The summed E-state index contributed by atoms with van der Waals surface area (Å²) < 4.78 is 11.7. The van der Waals surface area contributed by atoms with Crippen LogP contribution in [0, 0.1) is 0 Å². The summed E-state index contributed by atoms with van der Waals surface area (Å²) in [5.74, 6) is 2.13. The molecule has 27 heavy (non-hydrogen) atoms. The normalized spacial score (nSPS) is 15.9. The van der Waals surface area contributed by atoms with E-state index in [-0.39, 0.29) is 5.91 Å². The van der Waals surface area contributed by atoms with Crippen LogP contribution in [0.5, 0.6) is 0 Å². The SMILES string of the molecule is O=C1/C(=C/c2ccc(SCc3ccco3)o2)SC(=S)N1Cc1ccccc1. The van der Waals surface area contributed by atoms with Crippen LogP contribution >= 0.6 is 35.7 Å². The zero-order chi connectivity index (χ0) is 18.6. The van der Waals surface area contributed by atoms with Gasteiger partial charge in [0.1, 0.15) is 15.8 Å². The minimum absolute atomic E-state index is 0.0879. The quantitative estimate of drug-likeness (QED) is 0.299. The van der Waals surface area contributed by atoms with Gasteiger partial charge in [-0.3, -0.25) is 9.69 Å². The molecule has 2 aromatic heterocycles. The maximum atomic E-state index is 12.7. The molecular weight excluding hydrogens is 398 g/mol. The monoisotopic (exact) mass is 413 g/mol. The Morgan fingerprint density at radius 2 is 1.96 bits per heavy atom. The average molecular weight is 414 g/mol. The number of benzene rings is 1.